The molecule has 1 N–H and O–H groups in total. The molecule has 144 valence electrons. The predicted octanol–water partition coefficient (Wildman–Crippen LogP) is 3.03. The molecule has 0 saturated carbocycles. The quantitative estimate of drug-likeness (QED) is 0.648. The molecule has 0 aliphatic carbocycles. The Balaban J connectivity index is 2.26. The second-order valence-electron chi connectivity index (χ2n) is 5.54. The van der Waals surface area contributed by atoms with Crippen LogP contribution in [-0.4, -0.2) is 39.7 Å². The van der Waals surface area contributed by atoms with Crippen LogP contribution in [0.1, 0.15) is 17.3 Å². The minimum absolute atomic E-state index is 0.194. The van der Waals surface area contributed by atoms with Crippen molar-refractivity contribution >= 4 is 49.2 Å². The summed E-state index contributed by atoms with van der Waals surface area (Å²) in [5.74, 6) is -1.16. The Bertz CT molecular complexity index is 946. The lowest BCUT2D eigenvalue weighted by Gasteiger charge is -2.23. The Morgan fingerprint density at radius 3 is 2.37 bits per heavy atom. The van der Waals surface area contributed by atoms with Gasteiger partial charge in [-0.3, -0.25) is 9.10 Å². The maximum Gasteiger partial charge on any atom is 0.340 e. The van der Waals surface area contributed by atoms with Crippen LogP contribution < -0.4 is 9.62 Å². The van der Waals surface area contributed by atoms with Gasteiger partial charge < -0.3 is 10.1 Å². The highest BCUT2D eigenvalue weighted by molar-refractivity contribution is 9.10. The number of halogens is 1. The summed E-state index contributed by atoms with van der Waals surface area (Å²) < 4.78 is 30.9. The second-order valence-corrected chi connectivity index (χ2v) is 8.30. The van der Waals surface area contributed by atoms with Gasteiger partial charge in [0, 0.05) is 4.47 Å². The molecule has 0 radical (unpaired) electrons. The molecule has 0 unspecified atom stereocenters. The summed E-state index contributed by atoms with van der Waals surface area (Å²) in [5.41, 5.74) is 0.787. The number of carbonyl (C=O) groups is 2. The Morgan fingerprint density at radius 1 is 1.11 bits per heavy atom. The lowest BCUT2D eigenvalue weighted by Crippen LogP contribution is -2.37. The lowest BCUT2D eigenvalue weighted by atomic mass is 10.2. The maximum absolute atomic E-state index is 12.5. The van der Waals surface area contributed by atoms with Crippen LogP contribution in [0.5, 0.6) is 0 Å². The first-order valence-corrected chi connectivity index (χ1v) is 10.7. The molecule has 0 bridgehead atoms. The first-order valence-electron chi connectivity index (χ1n) is 8.02. The summed E-state index contributed by atoms with van der Waals surface area (Å²) in [5, 5.41) is 2.58. The number of anilines is 2. The van der Waals surface area contributed by atoms with E-state index in [1.165, 1.54) is 6.07 Å². The summed E-state index contributed by atoms with van der Waals surface area (Å²) in [6.07, 6.45) is 1.02. The van der Waals surface area contributed by atoms with Crippen molar-refractivity contribution in [3.05, 3.63) is 58.6 Å². The molecule has 9 heteroatoms. The van der Waals surface area contributed by atoms with E-state index >= 15 is 0 Å². The van der Waals surface area contributed by atoms with Crippen molar-refractivity contribution in [1.82, 2.24) is 0 Å². The third-order valence-corrected chi connectivity index (χ3v) is 5.30. The number of sulfonamides is 1. The average Bonchev–Trinajstić information content (AvgIpc) is 2.60. The van der Waals surface area contributed by atoms with Crippen LogP contribution in [-0.2, 0) is 19.6 Å². The molecule has 1 amide bonds. The lowest BCUT2D eigenvalue weighted by molar-refractivity contribution is -0.114. The van der Waals surface area contributed by atoms with E-state index in [1.807, 2.05) is 0 Å². The molecule has 0 saturated heterocycles. The summed E-state index contributed by atoms with van der Waals surface area (Å²) in [6.45, 7) is 1.43. The monoisotopic (exact) mass is 454 g/mol. The number of para-hydroxylation sites is 2. The normalized spacial score (nSPS) is 10.9. The van der Waals surface area contributed by atoms with Gasteiger partial charge in [0.25, 0.3) is 0 Å². The van der Waals surface area contributed by atoms with Crippen molar-refractivity contribution in [2.45, 2.75) is 6.92 Å². The van der Waals surface area contributed by atoms with E-state index in [4.69, 9.17) is 4.74 Å². The summed E-state index contributed by atoms with van der Waals surface area (Å²) in [4.78, 5) is 24.5. The Morgan fingerprint density at radius 2 is 1.74 bits per heavy atom. The van der Waals surface area contributed by atoms with E-state index in [-0.39, 0.29) is 17.9 Å². The van der Waals surface area contributed by atoms with Gasteiger partial charge in [-0.05, 0) is 47.1 Å². The molecular weight excluding hydrogens is 436 g/mol. The SMILES string of the molecule is CCOC(=O)c1ccccc1NC(=O)CN(c1ccccc1Br)S(C)(=O)=O. The molecule has 7 nitrogen and oxygen atoms in total. The molecule has 2 rings (SSSR count). The Hall–Kier alpha value is -2.39. The number of nitrogens with one attached hydrogen (secondary N) is 1. The number of benzene rings is 2. The highest BCUT2D eigenvalue weighted by Gasteiger charge is 2.23. The molecule has 0 aliphatic rings. The number of ether oxygens (including phenoxy) is 1. The van der Waals surface area contributed by atoms with Gasteiger partial charge in [-0.25, -0.2) is 13.2 Å². The number of carbonyl (C=O) groups excluding carboxylic acids is 2. The summed E-state index contributed by atoms with van der Waals surface area (Å²) in [6, 6.07) is 13.1. The van der Waals surface area contributed by atoms with Crippen LogP contribution in [0, 0.1) is 0 Å². The van der Waals surface area contributed by atoms with Crippen LogP contribution in [0.2, 0.25) is 0 Å². The van der Waals surface area contributed by atoms with Crippen LogP contribution in [0.4, 0.5) is 11.4 Å². The third-order valence-electron chi connectivity index (χ3n) is 3.51. The molecule has 2 aromatic rings. The van der Waals surface area contributed by atoms with Gasteiger partial charge in [-0.15, -0.1) is 0 Å². The third kappa shape index (κ3) is 5.54. The van der Waals surface area contributed by atoms with Crippen molar-refractivity contribution in [3.8, 4) is 0 Å². The average molecular weight is 455 g/mol. The molecule has 2 aromatic carbocycles. The zero-order chi connectivity index (χ0) is 20.0. The van der Waals surface area contributed by atoms with Crippen molar-refractivity contribution < 1.29 is 22.7 Å². The fourth-order valence-electron chi connectivity index (χ4n) is 2.33. The van der Waals surface area contributed by atoms with Gasteiger partial charge in [0.1, 0.15) is 6.54 Å². The highest BCUT2D eigenvalue weighted by Crippen LogP contribution is 2.27. The second kappa shape index (κ2) is 9.01. The van der Waals surface area contributed by atoms with E-state index in [2.05, 4.69) is 21.2 Å². The fourth-order valence-corrected chi connectivity index (χ4v) is 3.82. The van der Waals surface area contributed by atoms with Crippen molar-refractivity contribution in [2.75, 3.05) is 29.0 Å². The van der Waals surface area contributed by atoms with Crippen LogP contribution in [0.15, 0.2) is 53.0 Å². The first-order chi connectivity index (χ1) is 12.7. The van der Waals surface area contributed by atoms with Gasteiger partial charge in [0.2, 0.25) is 15.9 Å². The van der Waals surface area contributed by atoms with Crippen molar-refractivity contribution in [2.24, 2.45) is 0 Å². The fraction of sp³-hybridized carbons (Fsp3) is 0.222. The molecular formula is C18H19BrN2O5S. The largest absolute Gasteiger partial charge is 0.462 e. The molecule has 27 heavy (non-hydrogen) atoms. The van der Waals surface area contributed by atoms with Gasteiger partial charge in [0.15, 0.2) is 0 Å². The number of amides is 1. The van der Waals surface area contributed by atoms with Gasteiger partial charge in [-0.2, -0.15) is 0 Å². The Kier molecular flexibility index (Phi) is 6.98. The summed E-state index contributed by atoms with van der Waals surface area (Å²) in [7, 11) is -3.71. The molecule has 0 spiro atoms. The van der Waals surface area contributed by atoms with E-state index in [0.717, 1.165) is 10.6 Å². The number of nitrogens with zero attached hydrogens (tertiary/aromatic N) is 1. The van der Waals surface area contributed by atoms with Crippen LogP contribution in [0.25, 0.3) is 0 Å². The Labute approximate surface area is 166 Å². The van der Waals surface area contributed by atoms with Crippen LogP contribution >= 0.6 is 15.9 Å². The van der Waals surface area contributed by atoms with Crippen LogP contribution in [0.3, 0.4) is 0 Å². The topological polar surface area (TPSA) is 92.8 Å². The highest BCUT2D eigenvalue weighted by atomic mass is 79.9. The minimum Gasteiger partial charge on any atom is -0.462 e. The number of hydrogen-bond donors (Lipinski definition) is 1. The molecule has 0 atom stereocenters. The predicted molar refractivity (Wildman–Crippen MR) is 107 cm³/mol. The zero-order valence-corrected chi connectivity index (χ0v) is 17.2. The number of hydrogen-bond acceptors (Lipinski definition) is 5. The molecule has 0 fully saturated rings. The smallest absolute Gasteiger partial charge is 0.340 e. The minimum atomic E-state index is -3.71. The molecule has 0 heterocycles. The zero-order valence-electron chi connectivity index (χ0n) is 14.8. The van der Waals surface area contributed by atoms with E-state index in [9.17, 15) is 18.0 Å². The molecule has 0 aliphatic heterocycles. The first kappa shape index (κ1) is 20.9. The standard InChI is InChI=1S/C18H19BrN2O5S/c1-3-26-18(23)13-8-4-6-10-15(13)20-17(22)12-21(27(2,24)25)16-11-7-5-9-14(16)19/h4-11H,3,12H2,1-2H3,(H,20,22). The van der Waals surface area contributed by atoms with Crippen molar-refractivity contribution in [3.63, 3.8) is 0 Å². The maximum atomic E-state index is 12.5. The van der Waals surface area contributed by atoms with Gasteiger partial charge in [-0.1, -0.05) is 24.3 Å². The van der Waals surface area contributed by atoms with Crippen molar-refractivity contribution in [1.29, 1.82) is 0 Å². The van der Waals surface area contributed by atoms with E-state index in [0.29, 0.717) is 10.2 Å². The van der Waals surface area contributed by atoms with E-state index < -0.39 is 28.4 Å². The number of rotatable bonds is 7. The van der Waals surface area contributed by atoms with E-state index in [1.54, 1.807) is 49.4 Å². The molecule has 0 aromatic heterocycles. The van der Waals surface area contributed by atoms with Gasteiger partial charge >= 0.3 is 5.97 Å². The number of esters is 1. The summed E-state index contributed by atoms with van der Waals surface area (Å²) >= 11 is 3.30. The van der Waals surface area contributed by atoms with Gasteiger partial charge in [0.05, 0.1) is 29.8 Å².